The second-order valence-electron chi connectivity index (χ2n) is 5.24. The van der Waals surface area contributed by atoms with Crippen molar-refractivity contribution >= 4 is 0 Å². The first-order valence-electron chi connectivity index (χ1n) is 6.92. The normalized spacial score (nSPS) is 30.0. The topological polar surface area (TPSA) is 24.1 Å². The number of hydrogen-bond acceptors (Lipinski definition) is 2. The lowest BCUT2D eigenvalue weighted by Gasteiger charge is -2.25. The molecule has 1 unspecified atom stereocenters. The molecule has 0 spiro atoms. The maximum atomic E-state index is 3.76. The smallest absolute Gasteiger partial charge is 0.0192 e. The Morgan fingerprint density at radius 2 is 1.60 bits per heavy atom. The number of nitrogens with one attached hydrogen (secondary N) is 2. The Kier molecular flexibility index (Phi) is 4.94. The Bertz CT molecular complexity index is 156. The van der Waals surface area contributed by atoms with Crippen LogP contribution in [0.25, 0.3) is 0 Å². The molecule has 15 heavy (non-hydrogen) atoms. The lowest BCUT2D eigenvalue weighted by Crippen LogP contribution is -2.42. The minimum Gasteiger partial charge on any atom is -0.313 e. The van der Waals surface area contributed by atoms with Crippen molar-refractivity contribution in [2.75, 3.05) is 13.1 Å². The average molecular weight is 210 g/mol. The van der Waals surface area contributed by atoms with Gasteiger partial charge in [0, 0.05) is 18.6 Å². The third-order valence-electron chi connectivity index (χ3n) is 3.92. The van der Waals surface area contributed by atoms with Crippen LogP contribution in [0, 0.1) is 0 Å². The Balaban J connectivity index is 1.62. The zero-order valence-corrected chi connectivity index (χ0v) is 9.93. The van der Waals surface area contributed by atoms with Crippen molar-refractivity contribution in [3.8, 4) is 0 Å². The van der Waals surface area contributed by atoms with Crippen molar-refractivity contribution in [3.05, 3.63) is 0 Å². The van der Waals surface area contributed by atoms with Gasteiger partial charge in [-0.3, -0.25) is 0 Å². The van der Waals surface area contributed by atoms with E-state index in [2.05, 4.69) is 10.6 Å². The van der Waals surface area contributed by atoms with Gasteiger partial charge in [0.25, 0.3) is 0 Å². The highest BCUT2D eigenvalue weighted by molar-refractivity contribution is 4.77. The van der Waals surface area contributed by atoms with Crippen molar-refractivity contribution in [2.24, 2.45) is 0 Å². The van der Waals surface area contributed by atoms with Crippen LogP contribution in [0.3, 0.4) is 0 Å². The molecule has 1 saturated carbocycles. The first-order valence-corrected chi connectivity index (χ1v) is 6.92. The summed E-state index contributed by atoms with van der Waals surface area (Å²) in [5.74, 6) is 0. The molecule has 1 saturated heterocycles. The van der Waals surface area contributed by atoms with E-state index in [-0.39, 0.29) is 0 Å². The zero-order valence-electron chi connectivity index (χ0n) is 9.93. The monoisotopic (exact) mass is 210 g/mol. The van der Waals surface area contributed by atoms with Gasteiger partial charge in [-0.25, -0.2) is 0 Å². The van der Waals surface area contributed by atoms with E-state index in [0.29, 0.717) is 0 Å². The van der Waals surface area contributed by atoms with Gasteiger partial charge >= 0.3 is 0 Å². The fourth-order valence-corrected chi connectivity index (χ4v) is 2.89. The molecule has 1 aliphatic carbocycles. The third kappa shape index (κ3) is 4.12. The number of rotatable bonds is 3. The van der Waals surface area contributed by atoms with Crippen molar-refractivity contribution < 1.29 is 0 Å². The molecule has 2 fully saturated rings. The zero-order chi connectivity index (χ0) is 10.3. The summed E-state index contributed by atoms with van der Waals surface area (Å²) >= 11 is 0. The van der Waals surface area contributed by atoms with Crippen LogP contribution in [-0.4, -0.2) is 25.2 Å². The fraction of sp³-hybridized carbons (Fsp3) is 1.00. The molecular weight excluding hydrogens is 184 g/mol. The van der Waals surface area contributed by atoms with Gasteiger partial charge in [0.05, 0.1) is 0 Å². The van der Waals surface area contributed by atoms with Crippen LogP contribution in [0.5, 0.6) is 0 Å². The van der Waals surface area contributed by atoms with Gasteiger partial charge in [-0.2, -0.15) is 0 Å². The van der Waals surface area contributed by atoms with E-state index < -0.39 is 0 Å². The highest BCUT2D eigenvalue weighted by Gasteiger charge is 2.16. The molecule has 0 radical (unpaired) electrons. The van der Waals surface area contributed by atoms with Crippen LogP contribution in [0.15, 0.2) is 0 Å². The van der Waals surface area contributed by atoms with Crippen molar-refractivity contribution in [1.29, 1.82) is 0 Å². The molecule has 1 heterocycles. The molecular formula is C13H26N2. The van der Waals surface area contributed by atoms with E-state index in [0.717, 1.165) is 12.1 Å². The van der Waals surface area contributed by atoms with E-state index in [1.54, 1.807) is 0 Å². The Hall–Kier alpha value is -0.0800. The van der Waals surface area contributed by atoms with Crippen molar-refractivity contribution in [2.45, 2.75) is 69.9 Å². The predicted octanol–water partition coefficient (Wildman–Crippen LogP) is 2.44. The summed E-state index contributed by atoms with van der Waals surface area (Å²) in [6.45, 7) is 2.43. The molecule has 88 valence electrons. The Morgan fingerprint density at radius 1 is 0.867 bits per heavy atom. The lowest BCUT2D eigenvalue weighted by atomic mass is 9.95. The van der Waals surface area contributed by atoms with Crippen molar-refractivity contribution in [3.63, 3.8) is 0 Å². The van der Waals surface area contributed by atoms with E-state index >= 15 is 0 Å². The van der Waals surface area contributed by atoms with Gasteiger partial charge in [-0.1, -0.05) is 32.1 Å². The second kappa shape index (κ2) is 6.49. The van der Waals surface area contributed by atoms with Gasteiger partial charge in [0.15, 0.2) is 0 Å². The maximum absolute atomic E-state index is 3.76. The van der Waals surface area contributed by atoms with E-state index in [4.69, 9.17) is 0 Å². The summed E-state index contributed by atoms with van der Waals surface area (Å²) in [6.07, 6.45) is 12.8. The molecule has 0 aromatic heterocycles. The van der Waals surface area contributed by atoms with Crippen molar-refractivity contribution in [1.82, 2.24) is 10.6 Å². The molecule has 2 heteroatoms. The van der Waals surface area contributed by atoms with Crippen LogP contribution in [0.1, 0.15) is 57.8 Å². The number of hydrogen-bond donors (Lipinski definition) is 2. The van der Waals surface area contributed by atoms with E-state index in [1.165, 1.54) is 70.9 Å². The Labute approximate surface area is 94.2 Å². The van der Waals surface area contributed by atoms with E-state index in [9.17, 15) is 0 Å². The molecule has 1 aliphatic heterocycles. The van der Waals surface area contributed by atoms with Gasteiger partial charge in [-0.05, 0) is 32.2 Å². The molecule has 0 aromatic carbocycles. The first kappa shape index (κ1) is 11.4. The van der Waals surface area contributed by atoms with E-state index in [1.807, 2.05) is 0 Å². The molecule has 2 rings (SSSR count). The summed E-state index contributed by atoms with van der Waals surface area (Å²) < 4.78 is 0. The predicted molar refractivity (Wildman–Crippen MR) is 65.1 cm³/mol. The standard InChI is InChI=1S/C13H26N2/c1-3-7-12(8-4-1)15-11-13-9-5-2-6-10-14-13/h12-15H,1-11H2. The molecule has 0 amide bonds. The van der Waals surface area contributed by atoms with Crippen LogP contribution in [0.4, 0.5) is 0 Å². The molecule has 1 atom stereocenters. The minimum atomic E-state index is 0.745. The molecule has 2 N–H and O–H groups in total. The largest absolute Gasteiger partial charge is 0.313 e. The summed E-state index contributed by atoms with van der Waals surface area (Å²) in [6, 6.07) is 1.57. The maximum Gasteiger partial charge on any atom is 0.0192 e. The van der Waals surface area contributed by atoms with Crippen LogP contribution in [-0.2, 0) is 0 Å². The first-order chi connectivity index (χ1) is 7.45. The molecule has 0 bridgehead atoms. The fourth-order valence-electron chi connectivity index (χ4n) is 2.89. The second-order valence-corrected chi connectivity index (χ2v) is 5.24. The quantitative estimate of drug-likeness (QED) is 0.747. The summed E-state index contributed by atoms with van der Waals surface area (Å²) in [4.78, 5) is 0. The summed E-state index contributed by atoms with van der Waals surface area (Å²) in [7, 11) is 0. The molecule has 2 nitrogen and oxygen atoms in total. The van der Waals surface area contributed by atoms with Gasteiger partial charge in [0.2, 0.25) is 0 Å². The average Bonchev–Trinajstić information content (AvgIpc) is 2.56. The SMILES string of the molecule is C1CCC(NCC2CCCCCN2)CC1. The third-order valence-corrected chi connectivity index (χ3v) is 3.92. The highest BCUT2D eigenvalue weighted by atomic mass is 15.0. The van der Waals surface area contributed by atoms with Crippen LogP contribution < -0.4 is 10.6 Å². The van der Waals surface area contributed by atoms with Gasteiger partial charge in [0.1, 0.15) is 0 Å². The summed E-state index contributed by atoms with van der Waals surface area (Å²) in [5, 5.41) is 7.42. The highest BCUT2D eigenvalue weighted by Crippen LogP contribution is 2.17. The van der Waals surface area contributed by atoms with Gasteiger partial charge in [-0.15, -0.1) is 0 Å². The summed E-state index contributed by atoms with van der Waals surface area (Å²) in [5.41, 5.74) is 0. The Morgan fingerprint density at radius 3 is 2.47 bits per heavy atom. The van der Waals surface area contributed by atoms with Crippen LogP contribution >= 0.6 is 0 Å². The van der Waals surface area contributed by atoms with Gasteiger partial charge < -0.3 is 10.6 Å². The molecule has 0 aromatic rings. The van der Waals surface area contributed by atoms with Crippen LogP contribution in [0.2, 0.25) is 0 Å². The minimum absolute atomic E-state index is 0.745. The lowest BCUT2D eigenvalue weighted by molar-refractivity contribution is 0.349. The molecule has 2 aliphatic rings.